The number of amides is 2. The second kappa shape index (κ2) is 10.5. The molecule has 0 spiro atoms. The van der Waals surface area contributed by atoms with Gasteiger partial charge in [-0.25, -0.2) is 8.42 Å². The third-order valence-corrected chi connectivity index (χ3v) is 6.42. The maximum absolute atomic E-state index is 12.9. The molecule has 3 aromatic rings. The number of benzene rings is 3. The zero-order valence-electron chi connectivity index (χ0n) is 19.7. The van der Waals surface area contributed by atoms with Gasteiger partial charge >= 0.3 is 0 Å². The third-order valence-electron chi connectivity index (χ3n) is 5.27. The number of nitrogens with zero attached hydrogens (tertiary/aromatic N) is 1. The Balaban J connectivity index is 1.78. The Hall–Kier alpha value is -3.65. The molecule has 0 saturated carbocycles. The van der Waals surface area contributed by atoms with Gasteiger partial charge in [-0.3, -0.25) is 13.9 Å². The molecule has 0 radical (unpaired) electrons. The van der Waals surface area contributed by atoms with Crippen LogP contribution in [-0.2, 0) is 14.8 Å². The van der Waals surface area contributed by atoms with Crippen LogP contribution < -0.4 is 14.9 Å². The summed E-state index contributed by atoms with van der Waals surface area (Å²) in [6, 6.07) is 21.3. The first-order valence-electron chi connectivity index (χ1n) is 10.9. The van der Waals surface area contributed by atoms with Crippen LogP contribution in [-0.4, -0.2) is 33.0 Å². The number of aryl methyl sites for hydroxylation is 2. The highest BCUT2D eigenvalue weighted by atomic mass is 32.2. The van der Waals surface area contributed by atoms with Crippen LogP contribution in [0.25, 0.3) is 0 Å². The van der Waals surface area contributed by atoms with E-state index in [-0.39, 0.29) is 17.5 Å². The van der Waals surface area contributed by atoms with E-state index in [0.29, 0.717) is 11.4 Å². The fraction of sp³-hybridized carbons (Fsp3) is 0.231. The molecule has 34 heavy (non-hydrogen) atoms. The van der Waals surface area contributed by atoms with Crippen molar-refractivity contribution < 1.29 is 18.0 Å². The fourth-order valence-corrected chi connectivity index (χ4v) is 4.54. The van der Waals surface area contributed by atoms with Crippen molar-refractivity contribution in [2.45, 2.75) is 26.8 Å². The molecule has 8 heteroatoms. The van der Waals surface area contributed by atoms with E-state index >= 15 is 0 Å². The predicted octanol–water partition coefficient (Wildman–Crippen LogP) is 4.20. The van der Waals surface area contributed by atoms with Crippen molar-refractivity contribution in [3.8, 4) is 0 Å². The molecule has 0 bridgehead atoms. The van der Waals surface area contributed by atoms with Crippen molar-refractivity contribution in [2.75, 3.05) is 22.4 Å². The van der Waals surface area contributed by atoms with E-state index in [1.54, 1.807) is 36.4 Å². The normalized spacial score (nSPS) is 12.0. The Kier molecular flexibility index (Phi) is 7.73. The van der Waals surface area contributed by atoms with E-state index in [0.717, 1.165) is 27.3 Å². The van der Waals surface area contributed by atoms with Crippen molar-refractivity contribution >= 4 is 33.2 Å². The van der Waals surface area contributed by atoms with Crippen LogP contribution in [0.1, 0.15) is 40.0 Å². The highest BCUT2D eigenvalue weighted by Gasteiger charge is 2.23. The lowest BCUT2D eigenvalue weighted by atomic mass is 10.1. The second-order valence-corrected chi connectivity index (χ2v) is 10.2. The summed E-state index contributed by atoms with van der Waals surface area (Å²) in [5.74, 6) is -0.900. The topological polar surface area (TPSA) is 95.6 Å². The average Bonchev–Trinajstić information content (AvgIpc) is 2.77. The van der Waals surface area contributed by atoms with E-state index in [1.807, 2.05) is 57.2 Å². The van der Waals surface area contributed by atoms with Crippen molar-refractivity contribution in [2.24, 2.45) is 0 Å². The number of carbonyl (C=O) groups excluding carboxylic acids is 2. The number of rotatable bonds is 8. The molecule has 1 atom stereocenters. The Labute approximate surface area is 200 Å². The largest absolute Gasteiger partial charge is 0.345 e. The van der Waals surface area contributed by atoms with E-state index < -0.39 is 22.5 Å². The molecule has 0 saturated heterocycles. The van der Waals surface area contributed by atoms with Crippen molar-refractivity contribution in [3.05, 3.63) is 95.1 Å². The van der Waals surface area contributed by atoms with Gasteiger partial charge in [-0.2, -0.15) is 0 Å². The van der Waals surface area contributed by atoms with Crippen LogP contribution in [0.3, 0.4) is 0 Å². The summed E-state index contributed by atoms with van der Waals surface area (Å²) in [7, 11) is -3.72. The zero-order chi connectivity index (χ0) is 24.9. The molecule has 2 amide bonds. The van der Waals surface area contributed by atoms with Gasteiger partial charge in [0.05, 0.1) is 29.2 Å². The minimum absolute atomic E-state index is 0.234. The van der Waals surface area contributed by atoms with E-state index in [2.05, 4.69) is 10.6 Å². The number of nitrogens with one attached hydrogen (secondary N) is 2. The van der Waals surface area contributed by atoms with Gasteiger partial charge in [-0.05, 0) is 61.7 Å². The van der Waals surface area contributed by atoms with Crippen LogP contribution >= 0.6 is 0 Å². The van der Waals surface area contributed by atoms with Gasteiger partial charge in [0.15, 0.2) is 0 Å². The SMILES string of the molecule is Cc1cc(C)cc(N(CC(=O)Nc2ccccc2C(=O)N[C@@H](C)c2ccccc2)S(C)(=O)=O)c1. The Bertz CT molecular complexity index is 1270. The molecular formula is C26H29N3O4S. The molecule has 0 heterocycles. The first kappa shape index (κ1) is 25.0. The third kappa shape index (κ3) is 6.45. The number of sulfonamides is 1. The maximum atomic E-state index is 12.9. The number of hydrogen-bond acceptors (Lipinski definition) is 4. The molecule has 0 unspecified atom stereocenters. The summed E-state index contributed by atoms with van der Waals surface area (Å²) >= 11 is 0. The van der Waals surface area contributed by atoms with Gasteiger partial charge in [0.2, 0.25) is 15.9 Å². The van der Waals surface area contributed by atoms with Gasteiger partial charge in [-0.1, -0.05) is 48.5 Å². The smallest absolute Gasteiger partial charge is 0.253 e. The lowest BCUT2D eigenvalue weighted by molar-refractivity contribution is -0.114. The average molecular weight is 480 g/mol. The Morgan fingerprint density at radius 2 is 1.50 bits per heavy atom. The van der Waals surface area contributed by atoms with Crippen molar-refractivity contribution in [3.63, 3.8) is 0 Å². The van der Waals surface area contributed by atoms with Crippen LogP contribution in [0.15, 0.2) is 72.8 Å². The maximum Gasteiger partial charge on any atom is 0.253 e. The summed E-state index contributed by atoms with van der Waals surface area (Å²) in [4.78, 5) is 25.8. The van der Waals surface area contributed by atoms with E-state index in [4.69, 9.17) is 0 Å². The lowest BCUT2D eigenvalue weighted by Crippen LogP contribution is -2.38. The molecule has 0 aliphatic heterocycles. The monoisotopic (exact) mass is 479 g/mol. The highest BCUT2D eigenvalue weighted by molar-refractivity contribution is 7.92. The predicted molar refractivity (Wildman–Crippen MR) is 136 cm³/mol. The fourth-order valence-electron chi connectivity index (χ4n) is 3.70. The molecule has 0 aliphatic rings. The first-order chi connectivity index (χ1) is 16.0. The molecule has 0 aliphatic carbocycles. The van der Waals surface area contributed by atoms with Crippen LogP contribution in [0.4, 0.5) is 11.4 Å². The molecule has 7 nitrogen and oxygen atoms in total. The van der Waals surface area contributed by atoms with E-state index in [9.17, 15) is 18.0 Å². The minimum Gasteiger partial charge on any atom is -0.345 e. The molecule has 3 rings (SSSR count). The van der Waals surface area contributed by atoms with Gasteiger partial charge in [0.25, 0.3) is 5.91 Å². The van der Waals surface area contributed by atoms with Gasteiger partial charge in [-0.15, -0.1) is 0 Å². The number of anilines is 2. The van der Waals surface area contributed by atoms with Crippen molar-refractivity contribution in [1.29, 1.82) is 0 Å². The van der Waals surface area contributed by atoms with Crippen LogP contribution in [0.5, 0.6) is 0 Å². The summed E-state index contributed by atoms with van der Waals surface area (Å²) in [6.45, 7) is 5.19. The number of para-hydroxylation sites is 1. The molecule has 0 fully saturated rings. The van der Waals surface area contributed by atoms with Crippen molar-refractivity contribution in [1.82, 2.24) is 5.32 Å². The van der Waals surface area contributed by atoms with Gasteiger partial charge < -0.3 is 10.6 Å². The summed E-state index contributed by atoms with van der Waals surface area (Å²) in [6.07, 6.45) is 1.06. The molecule has 3 aromatic carbocycles. The molecule has 2 N–H and O–H groups in total. The summed E-state index contributed by atoms with van der Waals surface area (Å²) in [5.41, 5.74) is 3.74. The number of hydrogen-bond donors (Lipinski definition) is 2. The van der Waals surface area contributed by atoms with Gasteiger partial charge in [0, 0.05) is 0 Å². The molecular weight excluding hydrogens is 450 g/mol. The summed E-state index contributed by atoms with van der Waals surface area (Å²) in [5, 5.41) is 5.63. The molecule has 178 valence electrons. The van der Waals surface area contributed by atoms with E-state index in [1.165, 1.54) is 0 Å². The first-order valence-corrected chi connectivity index (χ1v) is 12.7. The number of carbonyl (C=O) groups is 2. The summed E-state index contributed by atoms with van der Waals surface area (Å²) < 4.78 is 26.0. The van der Waals surface area contributed by atoms with Crippen LogP contribution in [0.2, 0.25) is 0 Å². The lowest BCUT2D eigenvalue weighted by Gasteiger charge is -2.23. The van der Waals surface area contributed by atoms with Gasteiger partial charge in [0.1, 0.15) is 6.54 Å². The van der Waals surface area contributed by atoms with Crippen LogP contribution in [0, 0.1) is 13.8 Å². The second-order valence-electron chi connectivity index (χ2n) is 8.32. The standard InChI is InChI=1S/C26H29N3O4S/c1-18-14-19(2)16-22(15-18)29(34(4,32)33)17-25(30)28-24-13-9-8-12-23(24)26(31)27-20(3)21-10-6-5-7-11-21/h5-16,20H,17H2,1-4H3,(H,27,31)(H,28,30)/t20-/m0/s1. The zero-order valence-corrected chi connectivity index (χ0v) is 20.5. The highest BCUT2D eigenvalue weighted by Crippen LogP contribution is 2.22. The quantitative estimate of drug-likeness (QED) is 0.506. The Morgan fingerprint density at radius 1 is 0.912 bits per heavy atom. The Morgan fingerprint density at radius 3 is 2.12 bits per heavy atom. The molecule has 0 aromatic heterocycles. The minimum atomic E-state index is -3.72.